The molecule has 0 atom stereocenters. The van der Waals surface area contributed by atoms with Gasteiger partial charge in [-0.05, 0) is 24.6 Å². The lowest BCUT2D eigenvalue weighted by atomic mass is 10.2. The van der Waals surface area contributed by atoms with Gasteiger partial charge in [-0.2, -0.15) is 26.3 Å². The topological polar surface area (TPSA) is 108 Å². The number of phenols is 1. The molecular weight excluding hydrogens is 731 g/mol. The zero-order valence-corrected chi connectivity index (χ0v) is 26.3. The van der Waals surface area contributed by atoms with Crippen molar-refractivity contribution in [2.45, 2.75) is 19.3 Å². The number of fused-ring (bicyclic) bond motifs is 2. The first-order valence-electron chi connectivity index (χ1n) is 13.6. The molecule has 0 saturated carbocycles. The fraction of sp³-hybridized carbons (Fsp3) is 0.133. The maximum Gasteiger partial charge on any atom is 0.432 e. The maximum atomic E-state index is 14.5. The molecule has 262 valence electrons. The van der Waals surface area contributed by atoms with Crippen LogP contribution in [0.2, 0.25) is 10.0 Å². The highest BCUT2D eigenvalue weighted by Crippen LogP contribution is 2.33. The van der Waals surface area contributed by atoms with Gasteiger partial charge < -0.3 is 9.84 Å². The van der Waals surface area contributed by atoms with Crippen molar-refractivity contribution in [3.8, 4) is 22.9 Å². The van der Waals surface area contributed by atoms with Crippen LogP contribution >= 0.6 is 23.2 Å². The normalized spacial score (nSPS) is 11.9. The third-order valence-corrected chi connectivity index (χ3v) is 7.28. The molecule has 0 fully saturated rings. The monoisotopic (exact) mass is 748 g/mol. The van der Waals surface area contributed by atoms with Crippen LogP contribution in [-0.4, -0.2) is 39.6 Å². The summed E-state index contributed by atoms with van der Waals surface area (Å²) in [5.74, 6) is -3.26. The summed E-state index contributed by atoms with van der Waals surface area (Å²) in [6, 6.07) is 4.31. The largest absolute Gasteiger partial charge is 0.506 e. The van der Waals surface area contributed by atoms with Crippen LogP contribution < -0.4 is 15.9 Å². The minimum atomic E-state index is -4.79. The van der Waals surface area contributed by atoms with E-state index in [1.807, 2.05) is 0 Å². The van der Waals surface area contributed by atoms with E-state index in [9.17, 15) is 49.8 Å². The molecule has 0 spiro atoms. The number of benzene rings is 2. The molecule has 4 heterocycles. The van der Waals surface area contributed by atoms with Gasteiger partial charge in [0.2, 0.25) is 11.6 Å². The van der Waals surface area contributed by atoms with Gasteiger partial charge in [0.15, 0.2) is 0 Å². The number of phenolic OH excluding ortho intramolecular Hbond substituents is 1. The quantitative estimate of drug-likeness (QED) is 0.147. The number of hydrogen-bond acceptors (Lipinski definition) is 6. The first kappa shape index (κ1) is 35.9. The number of alkyl halides is 6. The molecule has 0 aliphatic heterocycles. The minimum absolute atomic E-state index is 0.0487. The van der Waals surface area contributed by atoms with Gasteiger partial charge in [0, 0.05) is 49.1 Å². The van der Waals surface area contributed by atoms with Crippen molar-refractivity contribution in [2.75, 3.05) is 6.61 Å². The fourth-order valence-electron chi connectivity index (χ4n) is 4.59. The van der Waals surface area contributed by atoms with Gasteiger partial charge in [0.05, 0.1) is 21.4 Å². The van der Waals surface area contributed by atoms with Crippen molar-refractivity contribution in [3.05, 3.63) is 127 Å². The molecule has 2 aromatic carbocycles. The molecular formula is C30H18Cl2F8N6O4. The van der Waals surface area contributed by atoms with Crippen LogP contribution in [0.1, 0.15) is 18.3 Å². The zero-order chi connectivity index (χ0) is 36.9. The van der Waals surface area contributed by atoms with Gasteiger partial charge in [0.25, 0.3) is 11.1 Å². The van der Waals surface area contributed by atoms with Crippen molar-refractivity contribution in [1.82, 2.24) is 27.9 Å². The van der Waals surface area contributed by atoms with Crippen LogP contribution in [0.15, 0.2) is 82.9 Å². The van der Waals surface area contributed by atoms with Crippen molar-refractivity contribution in [3.63, 3.8) is 0 Å². The summed E-state index contributed by atoms with van der Waals surface area (Å²) in [7, 11) is 0. The molecule has 10 nitrogen and oxygen atoms in total. The van der Waals surface area contributed by atoms with Crippen molar-refractivity contribution in [1.29, 1.82) is 0 Å². The Kier molecular flexibility index (Phi) is 9.46. The Morgan fingerprint density at radius 1 is 0.780 bits per heavy atom. The second kappa shape index (κ2) is 13.2. The van der Waals surface area contributed by atoms with E-state index in [0.29, 0.717) is 35.6 Å². The summed E-state index contributed by atoms with van der Waals surface area (Å²) in [4.78, 5) is 31.9. The summed E-state index contributed by atoms with van der Waals surface area (Å²) in [5, 5.41) is 9.20. The molecule has 0 bridgehead atoms. The lowest BCUT2D eigenvalue weighted by Crippen LogP contribution is -2.26. The van der Waals surface area contributed by atoms with Crippen LogP contribution in [0.5, 0.6) is 11.5 Å². The molecule has 0 amide bonds. The molecule has 6 aromatic rings. The summed E-state index contributed by atoms with van der Waals surface area (Å²) < 4.78 is 115. The maximum absolute atomic E-state index is 14.5. The average molecular weight is 749 g/mol. The number of halogens is 10. The second-order valence-electron chi connectivity index (χ2n) is 10.3. The summed E-state index contributed by atoms with van der Waals surface area (Å²) >= 11 is 11.5. The van der Waals surface area contributed by atoms with E-state index in [-0.39, 0.29) is 28.1 Å². The van der Waals surface area contributed by atoms with E-state index in [2.05, 4.69) is 16.5 Å². The highest BCUT2D eigenvalue weighted by molar-refractivity contribution is 6.32. The average Bonchev–Trinajstić information content (AvgIpc) is 3.68. The number of aromatic nitrogens is 6. The first-order valence-corrected chi connectivity index (χ1v) is 14.3. The van der Waals surface area contributed by atoms with Gasteiger partial charge in [-0.25, -0.2) is 27.9 Å². The van der Waals surface area contributed by atoms with E-state index in [4.69, 9.17) is 27.9 Å². The Hall–Kier alpha value is -5.36. The highest BCUT2D eigenvalue weighted by Gasteiger charge is 2.36. The molecule has 0 unspecified atom stereocenters. The van der Waals surface area contributed by atoms with E-state index in [1.54, 1.807) is 6.92 Å². The van der Waals surface area contributed by atoms with Crippen LogP contribution in [0.4, 0.5) is 35.1 Å². The summed E-state index contributed by atoms with van der Waals surface area (Å²) in [5.41, 5.74) is -4.87. The number of ether oxygens (including phenoxy) is 1. The molecule has 4 aromatic heterocycles. The number of nitrogens with zero attached hydrogens (tertiary/aromatic N) is 6. The number of aromatic hydroxyl groups is 1. The molecule has 0 saturated heterocycles. The van der Waals surface area contributed by atoms with Gasteiger partial charge >= 0.3 is 12.4 Å². The Balaban J connectivity index is 0.000000197. The van der Waals surface area contributed by atoms with E-state index >= 15 is 0 Å². The molecule has 0 aliphatic carbocycles. The second-order valence-corrected chi connectivity index (χ2v) is 11.1. The highest BCUT2D eigenvalue weighted by atomic mass is 35.5. The summed E-state index contributed by atoms with van der Waals surface area (Å²) in [6.45, 7) is 5.45. The van der Waals surface area contributed by atoms with Crippen molar-refractivity contribution < 1.29 is 45.0 Å². The third kappa shape index (κ3) is 6.88. The van der Waals surface area contributed by atoms with Gasteiger partial charge in [-0.15, -0.1) is 0 Å². The zero-order valence-electron chi connectivity index (χ0n) is 24.8. The number of rotatable bonds is 5. The van der Waals surface area contributed by atoms with Crippen LogP contribution in [-0.2, 0) is 12.4 Å². The van der Waals surface area contributed by atoms with E-state index in [1.165, 1.54) is 0 Å². The van der Waals surface area contributed by atoms with Crippen LogP contribution in [0.25, 0.3) is 22.9 Å². The SMILES string of the molecule is C=C(C)COc1cc(-n2c(=O)cc(C(F)(F)F)n3ccnc23)c(F)cc1Cl.O=c1cc(C(F)(F)F)n2ccnc2n1-c1cc(O)c(Cl)cc1F. The number of imidazole rings is 2. The lowest BCUT2D eigenvalue weighted by molar-refractivity contribution is -0.143. The smallest absolute Gasteiger partial charge is 0.432 e. The Bertz CT molecular complexity index is 2410. The minimum Gasteiger partial charge on any atom is -0.506 e. The van der Waals surface area contributed by atoms with E-state index < -0.39 is 69.5 Å². The standard InChI is InChI=1S/C17H12ClF4N3O2.C13H6ClF4N3O2/c1-9(2)8-27-13-6-12(11(19)5-10(13)18)25-15(26)7-14(17(20,21)22)24-4-3-23-16(24)25;14-6-3-7(15)8(4-9(6)22)21-11(23)5-10(13(16,17)18)20-2-1-19-12(20)21/h3-7H,1,8H2,2H3;1-5,22H. The predicted molar refractivity (Wildman–Crippen MR) is 163 cm³/mol. The van der Waals surface area contributed by atoms with Gasteiger partial charge in [0.1, 0.15) is 41.1 Å². The van der Waals surface area contributed by atoms with Gasteiger partial charge in [-0.1, -0.05) is 29.8 Å². The first-order chi connectivity index (χ1) is 23.3. The molecule has 1 N–H and O–H groups in total. The Labute approximate surface area is 283 Å². The third-order valence-electron chi connectivity index (χ3n) is 6.68. The predicted octanol–water partition coefficient (Wildman–Crippen LogP) is 7.25. The molecule has 20 heteroatoms. The van der Waals surface area contributed by atoms with Crippen LogP contribution in [0, 0.1) is 11.6 Å². The van der Waals surface area contributed by atoms with E-state index in [0.717, 1.165) is 49.1 Å². The fourth-order valence-corrected chi connectivity index (χ4v) is 4.94. The molecule has 0 radical (unpaired) electrons. The molecule has 0 aliphatic rings. The molecule has 6 rings (SSSR count). The van der Waals surface area contributed by atoms with Gasteiger partial charge in [-0.3, -0.25) is 18.4 Å². The Morgan fingerprint density at radius 3 is 1.66 bits per heavy atom. The van der Waals surface area contributed by atoms with Crippen LogP contribution in [0.3, 0.4) is 0 Å². The molecule has 50 heavy (non-hydrogen) atoms. The Morgan fingerprint density at radius 2 is 1.22 bits per heavy atom. The number of hydrogen-bond donors (Lipinski definition) is 1. The van der Waals surface area contributed by atoms with Crippen molar-refractivity contribution in [2.24, 2.45) is 0 Å². The van der Waals surface area contributed by atoms with Crippen molar-refractivity contribution >= 4 is 34.8 Å². The lowest BCUT2D eigenvalue weighted by Gasteiger charge is -2.15. The summed E-state index contributed by atoms with van der Waals surface area (Å²) in [6.07, 6.45) is -5.45.